The third kappa shape index (κ3) is 3.22. The molecule has 1 aliphatic heterocycles. The second kappa shape index (κ2) is 6.32. The zero-order chi connectivity index (χ0) is 14.8. The van der Waals surface area contributed by atoms with Crippen molar-refractivity contribution >= 4 is 37.8 Å². The molecule has 0 aromatic heterocycles. The van der Waals surface area contributed by atoms with Crippen LogP contribution in [0.25, 0.3) is 0 Å². The number of hydrogen-bond donors (Lipinski definition) is 0. The molecular formula is C17H15Br2NO. The van der Waals surface area contributed by atoms with Crippen LogP contribution in [-0.2, 0) is 0 Å². The average molecular weight is 409 g/mol. The topological polar surface area (TPSA) is 20.3 Å². The van der Waals surface area contributed by atoms with E-state index >= 15 is 0 Å². The summed E-state index contributed by atoms with van der Waals surface area (Å²) in [4.78, 5) is 14.8. The van der Waals surface area contributed by atoms with Crippen LogP contribution in [0.2, 0.25) is 0 Å². The van der Waals surface area contributed by atoms with Crippen molar-refractivity contribution in [2.75, 3.05) is 6.54 Å². The largest absolute Gasteiger partial charge is 0.332 e. The number of benzene rings is 2. The molecule has 1 saturated heterocycles. The van der Waals surface area contributed by atoms with Crippen molar-refractivity contribution in [1.29, 1.82) is 0 Å². The molecule has 2 aromatic rings. The van der Waals surface area contributed by atoms with Gasteiger partial charge >= 0.3 is 0 Å². The smallest absolute Gasteiger partial charge is 0.254 e. The number of halogens is 2. The summed E-state index contributed by atoms with van der Waals surface area (Å²) >= 11 is 6.90. The van der Waals surface area contributed by atoms with Crippen LogP contribution < -0.4 is 0 Å². The second-order valence-corrected chi connectivity index (χ2v) is 7.06. The van der Waals surface area contributed by atoms with E-state index in [0.29, 0.717) is 0 Å². The van der Waals surface area contributed by atoms with Crippen LogP contribution in [0.1, 0.15) is 34.8 Å². The normalized spacial score (nSPS) is 18.0. The Morgan fingerprint density at radius 1 is 1.05 bits per heavy atom. The maximum absolute atomic E-state index is 12.8. The lowest BCUT2D eigenvalue weighted by Gasteiger charge is -2.25. The average Bonchev–Trinajstić information content (AvgIpc) is 2.95. The van der Waals surface area contributed by atoms with E-state index in [9.17, 15) is 4.79 Å². The highest BCUT2D eigenvalue weighted by Crippen LogP contribution is 2.33. The predicted octanol–water partition coefficient (Wildman–Crippen LogP) is 5.19. The van der Waals surface area contributed by atoms with Gasteiger partial charge in [0.05, 0.1) is 6.04 Å². The number of carbonyl (C=O) groups is 1. The van der Waals surface area contributed by atoms with E-state index < -0.39 is 0 Å². The van der Waals surface area contributed by atoms with Crippen molar-refractivity contribution in [2.24, 2.45) is 0 Å². The summed E-state index contributed by atoms with van der Waals surface area (Å²) in [6.07, 6.45) is 2.09. The summed E-state index contributed by atoms with van der Waals surface area (Å²) in [6, 6.07) is 16.2. The molecule has 0 aliphatic carbocycles. The van der Waals surface area contributed by atoms with Crippen LogP contribution in [0.15, 0.2) is 57.5 Å². The lowest BCUT2D eigenvalue weighted by molar-refractivity contribution is 0.0735. The van der Waals surface area contributed by atoms with Gasteiger partial charge in [0.25, 0.3) is 5.91 Å². The van der Waals surface area contributed by atoms with Crippen molar-refractivity contribution in [3.63, 3.8) is 0 Å². The zero-order valence-corrected chi connectivity index (χ0v) is 14.6. The number of likely N-dealkylation sites (tertiary alicyclic amines) is 1. The van der Waals surface area contributed by atoms with Gasteiger partial charge in [0, 0.05) is 21.1 Å². The summed E-state index contributed by atoms with van der Waals surface area (Å²) in [7, 11) is 0. The highest BCUT2D eigenvalue weighted by molar-refractivity contribution is 9.11. The summed E-state index contributed by atoms with van der Waals surface area (Å²) in [6.45, 7) is 0.822. The van der Waals surface area contributed by atoms with E-state index in [4.69, 9.17) is 0 Å². The van der Waals surface area contributed by atoms with Crippen LogP contribution in [0.5, 0.6) is 0 Å². The van der Waals surface area contributed by atoms with Gasteiger partial charge in [0.1, 0.15) is 0 Å². The third-order valence-corrected chi connectivity index (χ3v) is 4.72. The number of nitrogens with zero attached hydrogens (tertiary/aromatic N) is 1. The fraction of sp³-hybridized carbons (Fsp3) is 0.235. The molecule has 1 unspecified atom stereocenters. The first-order valence-corrected chi connectivity index (χ1v) is 8.56. The van der Waals surface area contributed by atoms with E-state index in [1.807, 2.05) is 41.3 Å². The van der Waals surface area contributed by atoms with E-state index in [1.165, 1.54) is 5.56 Å². The van der Waals surface area contributed by atoms with E-state index in [2.05, 4.69) is 44.0 Å². The minimum absolute atomic E-state index is 0.100. The quantitative estimate of drug-likeness (QED) is 0.669. The van der Waals surface area contributed by atoms with Crippen molar-refractivity contribution in [2.45, 2.75) is 18.9 Å². The fourth-order valence-corrected chi connectivity index (χ4v) is 4.17. The Bertz CT molecular complexity index is 637. The number of carbonyl (C=O) groups excluding carboxylic acids is 1. The molecular weight excluding hydrogens is 394 g/mol. The van der Waals surface area contributed by atoms with Gasteiger partial charge in [-0.25, -0.2) is 0 Å². The van der Waals surface area contributed by atoms with E-state index in [1.54, 1.807) is 0 Å². The Balaban J connectivity index is 1.90. The Labute approximate surface area is 141 Å². The Morgan fingerprint density at radius 3 is 2.38 bits per heavy atom. The summed E-state index contributed by atoms with van der Waals surface area (Å²) in [5, 5.41) is 0. The fourth-order valence-electron chi connectivity index (χ4n) is 2.87. The predicted molar refractivity (Wildman–Crippen MR) is 91.3 cm³/mol. The zero-order valence-electron chi connectivity index (χ0n) is 11.4. The summed E-state index contributed by atoms with van der Waals surface area (Å²) in [5.41, 5.74) is 1.94. The molecule has 21 heavy (non-hydrogen) atoms. The van der Waals surface area contributed by atoms with Crippen molar-refractivity contribution in [3.8, 4) is 0 Å². The first-order valence-electron chi connectivity index (χ1n) is 6.97. The van der Waals surface area contributed by atoms with Crippen molar-refractivity contribution in [3.05, 3.63) is 68.6 Å². The van der Waals surface area contributed by atoms with Gasteiger partial charge < -0.3 is 4.90 Å². The van der Waals surface area contributed by atoms with Gasteiger partial charge in [-0.05, 0) is 36.6 Å². The highest BCUT2D eigenvalue weighted by atomic mass is 79.9. The lowest BCUT2D eigenvalue weighted by atomic mass is 10.0. The monoisotopic (exact) mass is 407 g/mol. The third-order valence-electron chi connectivity index (χ3n) is 3.81. The maximum Gasteiger partial charge on any atom is 0.254 e. The van der Waals surface area contributed by atoms with Gasteiger partial charge in [-0.3, -0.25) is 4.79 Å². The standard InChI is InChI=1S/C17H15Br2NO/c18-14-9-13(10-15(19)11-14)17(21)20-8-4-7-16(20)12-5-2-1-3-6-12/h1-3,5-6,9-11,16H,4,7-8H2. The molecule has 1 fully saturated rings. The molecule has 0 N–H and O–H groups in total. The molecule has 4 heteroatoms. The molecule has 0 saturated carbocycles. The molecule has 0 bridgehead atoms. The molecule has 1 aliphatic rings. The first-order chi connectivity index (χ1) is 10.1. The Kier molecular flexibility index (Phi) is 4.45. The molecule has 2 nitrogen and oxygen atoms in total. The Morgan fingerprint density at radius 2 is 1.71 bits per heavy atom. The molecule has 2 aromatic carbocycles. The van der Waals surface area contributed by atoms with Crippen molar-refractivity contribution in [1.82, 2.24) is 4.90 Å². The highest BCUT2D eigenvalue weighted by Gasteiger charge is 2.30. The summed E-state index contributed by atoms with van der Waals surface area (Å²) in [5.74, 6) is 0.100. The lowest BCUT2D eigenvalue weighted by Crippen LogP contribution is -2.30. The minimum atomic E-state index is 0.100. The van der Waals surface area contributed by atoms with Crippen molar-refractivity contribution < 1.29 is 4.79 Å². The molecule has 108 valence electrons. The van der Waals surface area contributed by atoms with Gasteiger partial charge in [0.2, 0.25) is 0 Å². The van der Waals surface area contributed by atoms with Gasteiger partial charge in [-0.1, -0.05) is 62.2 Å². The van der Waals surface area contributed by atoms with Gasteiger partial charge in [-0.2, -0.15) is 0 Å². The maximum atomic E-state index is 12.8. The summed E-state index contributed by atoms with van der Waals surface area (Å²) < 4.78 is 1.83. The van der Waals surface area contributed by atoms with Crippen LogP contribution in [0, 0.1) is 0 Å². The van der Waals surface area contributed by atoms with Crippen LogP contribution >= 0.6 is 31.9 Å². The van der Waals surface area contributed by atoms with Crippen LogP contribution in [0.3, 0.4) is 0 Å². The Hall–Kier alpha value is -1.13. The number of amides is 1. The second-order valence-electron chi connectivity index (χ2n) is 5.23. The number of hydrogen-bond acceptors (Lipinski definition) is 1. The van der Waals surface area contributed by atoms with Gasteiger partial charge in [-0.15, -0.1) is 0 Å². The van der Waals surface area contributed by atoms with E-state index in [0.717, 1.165) is 33.9 Å². The minimum Gasteiger partial charge on any atom is -0.332 e. The number of rotatable bonds is 2. The van der Waals surface area contributed by atoms with Crippen LogP contribution in [-0.4, -0.2) is 17.4 Å². The van der Waals surface area contributed by atoms with E-state index in [-0.39, 0.29) is 11.9 Å². The molecule has 1 atom stereocenters. The molecule has 0 spiro atoms. The molecule has 1 heterocycles. The van der Waals surface area contributed by atoms with Crippen LogP contribution in [0.4, 0.5) is 0 Å². The van der Waals surface area contributed by atoms with Gasteiger partial charge in [0.15, 0.2) is 0 Å². The molecule has 0 radical (unpaired) electrons. The molecule has 3 rings (SSSR count). The SMILES string of the molecule is O=C(c1cc(Br)cc(Br)c1)N1CCCC1c1ccccc1. The first kappa shape index (κ1) is 14.8. The molecule has 1 amide bonds.